The lowest BCUT2D eigenvalue weighted by molar-refractivity contribution is -0.133. The van der Waals surface area contributed by atoms with Gasteiger partial charge in [0.1, 0.15) is 0 Å². The second-order valence-electron chi connectivity index (χ2n) is 5.96. The summed E-state index contributed by atoms with van der Waals surface area (Å²) in [6.07, 6.45) is 3.46. The molecule has 1 amide bonds. The normalized spacial score (nSPS) is 27.2. The lowest BCUT2D eigenvalue weighted by Crippen LogP contribution is -2.42. The Labute approximate surface area is 123 Å². The van der Waals surface area contributed by atoms with Gasteiger partial charge < -0.3 is 14.5 Å². The quantitative estimate of drug-likeness (QED) is 0.874. The number of β-amino-alcohol motifs (C(OH)–C–C–N with tert-alkyl or cyclic N) is 1. The number of hydrogen-bond donors (Lipinski definition) is 1. The first kappa shape index (κ1) is 14.5. The third kappa shape index (κ3) is 3.24. The van der Waals surface area contributed by atoms with Crippen molar-refractivity contribution in [2.24, 2.45) is 0 Å². The third-order valence-corrected chi connectivity index (χ3v) is 4.26. The number of aliphatic hydroxyl groups excluding tert-OH is 1. The Balaban J connectivity index is 1.66. The molecule has 2 aliphatic rings. The number of aliphatic hydroxyl groups is 1. The maximum absolute atomic E-state index is 12.4. The average Bonchev–Trinajstić information content (AvgIpc) is 3.06. The third-order valence-electron chi connectivity index (χ3n) is 4.26. The molecule has 0 spiro atoms. The highest BCUT2D eigenvalue weighted by Gasteiger charge is 2.37. The number of rotatable bonds is 3. The molecule has 0 aromatic carbocycles. The van der Waals surface area contributed by atoms with Crippen molar-refractivity contribution in [2.45, 2.75) is 44.8 Å². The van der Waals surface area contributed by atoms with Crippen LogP contribution >= 0.6 is 0 Å². The smallest absolute Gasteiger partial charge is 0.244 e. The first-order valence-corrected chi connectivity index (χ1v) is 7.63. The number of likely N-dealkylation sites (tertiary alicyclic amines) is 2. The van der Waals surface area contributed by atoms with Gasteiger partial charge in [-0.2, -0.15) is 4.98 Å². The van der Waals surface area contributed by atoms with Crippen molar-refractivity contribution in [1.29, 1.82) is 0 Å². The fourth-order valence-electron chi connectivity index (χ4n) is 3.18. The number of amides is 1. The van der Waals surface area contributed by atoms with Crippen molar-refractivity contribution in [1.82, 2.24) is 19.9 Å². The molecule has 7 heteroatoms. The van der Waals surface area contributed by atoms with Gasteiger partial charge in [0.05, 0.1) is 18.7 Å². The van der Waals surface area contributed by atoms with Crippen LogP contribution in [0.2, 0.25) is 0 Å². The summed E-state index contributed by atoms with van der Waals surface area (Å²) in [5.74, 6) is 1.20. The van der Waals surface area contributed by atoms with Gasteiger partial charge in [0, 0.05) is 19.6 Å². The highest BCUT2D eigenvalue weighted by atomic mass is 16.5. The van der Waals surface area contributed by atoms with Gasteiger partial charge in [-0.05, 0) is 32.6 Å². The van der Waals surface area contributed by atoms with E-state index in [1.54, 1.807) is 6.92 Å². The molecule has 1 aromatic heterocycles. The number of piperidine rings is 1. The zero-order valence-corrected chi connectivity index (χ0v) is 12.4. The molecule has 2 aliphatic heterocycles. The molecular formula is C14H22N4O3. The number of aryl methyl sites for hydroxylation is 1. The molecule has 1 N–H and O–H groups in total. The fourth-order valence-corrected chi connectivity index (χ4v) is 3.18. The second-order valence-corrected chi connectivity index (χ2v) is 5.96. The molecule has 116 valence electrons. The van der Waals surface area contributed by atoms with Gasteiger partial charge in [0.2, 0.25) is 11.8 Å². The maximum Gasteiger partial charge on any atom is 0.244 e. The zero-order chi connectivity index (χ0) is 14.8. The second kappa shape index (κ2) is 6.11. The Kier molecular flexibility index (Phi) is 4.21. The predicted octanol–water partition coefficient (Wildman–Crippen LogP) is 0.498. The van der Waals surface area contributed by atoms with Gasteiger partial charge in [-0.25, -0.2) is 0 Å². The first-order valence-electron chi connectivity index (χ1n) is 7.63. The highest BCUT2D eigenvalue weighted by Crippen LogP contribution is 2.31. The number of aromatic nitrogens is 2. The molecule has 0 unspecified atom stereocenters. The van der Waals surface area contributed by atoms with Crippen LogP contribution < -0.4 is 0 Å². The Morgan fingerprint density at radius 3 is 2.81 bits per heavy atom. The van der Waals surface area contributed by atoms with E-state index in [0.717, 1.165) is 25.9 Å². The molecule has 2 fully saturated rings. The molecule has 0 radical (unpaired) electrons. The van der Waals surface area contributed by atoms with Gasteiger partial charge >= 0.3 is 0 Å². The molecule has 21 heavy (non-hydrogen) atoms. The van der Waals surface area contributed by atoms with Crippen LogP contribution in [0, 0.1) is 6.92 Å². The Morgan fingerprint density at radius 1 is 1.38 bits per heavy atom. The van der Waals surface area contributed by atoms with Gasteiger partial charge in [0.25, 0.3) is 0 Å². The molecule has 0 bridgehead atoms. The van der Waals surface area contributed by atoms with Crippen molar-refractivity contribution >= 4 is 5.91 Å². The monoisotopic (exact) mass is 294 g/mol. The van der Waals surface area contributed by atoms with E-state index in [9.17, 15) is 9.90 Å². The largest absolute Gasteiger partial charge is 0.392 e. The molecular weight excluding hydrogens is 272 g/mol. The van der Waals surface area contributed by atoms with E-state index < -0.39 is 6.10 Å². The summed E-state index contributed by atoms with van der Waals surface area (Å²) in [4.78, 5) is 20.5. The first-order chi connectivity index (χ1) is 10.1. The van der Waals surface area contributed by atoms with Gasteiger partial charge in [0.15, 0.2) is 5.82 Å². The standard InChI is InChI=1S/C14H22N4O3/c1-10-15-14(21-16-10)12-7-11(19)8-18(12)9-13(20)17-5-3-2-4-6-17/h11-12,19H,2-9H2,1H3/t11-,12-/m1/s1. The molecule has 2 atom stereocenters. The number of nitrogens with zero attached hydrogens (tertiary/aromatic N) is 4. The van der Waals surface area contributed by atoms with Crippen molar-refractivity contribution in [2.75, 3.05) is 26.2 Å². The van der Waals surface area contributed by atoms with Crippen LogP contribution in [0.15, 0.2) is 4.52 Å². The summed E-state index contributed by atoms with van der Waals surface area (Å²) in [6.45, 7) is 4.25. The summed E-state index contributed by atoms with van der Waals surface area (Å²) in [7, 11) is 0. The van der Waals surface area contributed by atoms with E-state index in [4.69, 9.17) is 4.52 Å². The fraction of sp³-hybridized carbons (Fsp3) is 0.786. The molecule has 7 nitrogen and oxygen atoms in total. The molecule has 3 heterocycles. The van der Waals surface area contributed by atoms with Crippen LogP contribution in [0.4, 0.5) is 0 Å². The SMILES string of the molecule is Cc1noc([C@H]2C[C@@H](O)CN2CC(=O)N2CCCCC2)n1. The van der Waals surface area contributed by atoms with E-state index >= 15 is 0 Å². The topological polar surface area (TPSA) is 82.7 Å². The minimum Gasteiger partial charge on any atom is -0.392 e. The molecule has 0 saturated carbocycles. The average molecular weight is 294 g/mol. The van der Waals surface area contributed by atoms with E-state index in [2.05, 4.69) is 10.1 Å². The molecule has 1 aromatic rings. The van der Waals surface area contributed by atoms with Gasteiger partial charge in [-0.15, -0.1) is 0 Å². The van der Waals surface area contributed by atoms with E-state index in [-0.39, 0.29) is 11.9 Å². The van der Waals surface area contributed by atoms with Crippen LogP contribution in [0.5, 0.6) is 0 Å². The lowest BCUT2D eigenvalue weighted by atomic mass is 10.1. The van der Waals surface area contributed by atoms with Crippen molar-refractivity contribution in [3.63, 3.8) is 0 Å². The zero-order valence-electron chi connectivity index (χ0n) is 12.4. The van der Waals surface area contributed by atoms with Crippen LogP contribution in [0.25, 0.3) is 0 Å². The van der Waals surface area contributed by atoms with Crippen molar-refractivity contribution < 1.29 is 14.4 Å². The lowest BCUT2D eigenvalue weighted by Gasteiger charge is -2.29. The Bertz CT molecular complexity index is 498. The number of carbonyl (C=O) groups excluding carboxylic acids is 1. The van der Waals surface area contributed by atoms with Crippen LogP contribution in [0.3, 0.4) is 0 Å². The summed E-state index contributed by atoms with van der Waals surface area (Å²) in [6, 6.07) is -0.157. The van der Waals surface area contributed by atoms with E-state index in [1.807, 2.05) is 9.80 Å². The minimum atomic E-state index is -0.448. The summed E-state index contributed by atoms with van der Waals surface area (Å²) < 4.78 is 5.22. The van der Waals surface area contributed by atoms with Crippen LogP contribution in [-0.2, 0) is 4.79 Å². The van der Waals surface area contributed by atoms with Crippen molar-refractivity contribution in [3.05, 3.63) is 11.7 Å². The molecule has 2 saturated heterocycles. The van der Waals surface area contributed by atoms with Gasteiger partial charge in [-0.1, -0.05) is 5.16 Å². The molecule has 3 rings (SSSR count). The van der Waals surface area contributed by atoms with Crippen LogP contribution in [-0.4, -0.2) is 63.2 Å². The summed E-state index contributed by atoms with van der Waals surface area (Å²) in [5.41, 5.74) is 0. The number of hydrogen-bond acceptors (Lipinski definition) is 6. The van der Waals surface area contributed by atoms with Crippen LogP contribution in [0.1, 0.15) is 43.4 Å². The predicted molar refractivity (Wildman–Crippen MR) is 74.4 cm³/mol. The Morgan fingerprint density at radius 2 is 2.14 bits per heavy atom. The Hall–Kier alpha value is -1.47. The van der Waals surface area contributed by atoms with E-state index in [0.29, 0.717) is 31.2 Å². The van der Waals surface area contributed by atoms with Gasteiger partial charge in [-0.3, -0.25) is 9.69 Å². The number of carbonyl (C=O) groups is 1. The van der Waals surface area contributed by atoms with E-state index in [1.165, 1.54) is 6.42 Å². The molecule has 0 aliphatic carbocycles. The maximum atomic E-state index is 12.4. The summed E-state index contributed by atoms with van der Waals surface area (Å²) in [5, 5.41) is 13.7. The van der Waals surface area contributed by atoms with Crippen molar-refractivity contribution in [3.8, 4) is 0 Å². The highest BCUT2D eigenvalue weighted by molar-refractivity contribution is 5.78. The summed E-state index contributed by atoms with van der Waals surface area (Å²) >= 11 is 0. The minimum absolute atomic E-state index is 0.130.